The topological polar surface area (TPSA) is 40.6 Å². The van der Waals surface area contributed by atoms with Crippen molar-refractivity contribution >= 4 is 11.7 Å². The molecule has 2 saturated heterocycles. The Morgan fingerprint density at radius 2 is 1.46 bits per heavy atom. The molecule has 2 rings (SSSR count). The zero-order valence-corrected chi connectivity index (χ0v) is 17.9. The zero-order chi connectivity index (χ0) is 19.5. The van der Waals surface area contributed by atoms with Crippen LogP contribution in [-0.4, -0.2) is 53.2 Å². The summed E-state index contributed by atoms with van der Waals surface area (Å²) in [4.78, 5) is 29.7. The van der Waals surface area contributed by atoms with Gasteiger partial charge in [0.15, 0.2) is 0 Å². The summed E-state index contributed by atoms with van der Waals surface area (Å²) in [5.74, 6) is 1.51. The molecule has 0 aromatic carbocycles. The summed E-state index contributed by atoms with van der Waals surface area (Å²) in [5.41, 5.74) is -0.0397. The fourth-order valence-corrected chi connectivity index (χ4v) is 4.21. The highest BCUT2D eigenvalue weighted by molar-refractivity contribution is 5.84. The highest BCUT2D eigenvalue weighted by Gasteiger charge is 2.32. The Balaban J connectivity index is 1.80. The van der Waals surface area contributed by atoms with Crippen molar-refractivity contribution in [3.05, 3.63) is 0 Å². The van der Waals surface area contributed by atoms with E-state index in [1.165, 1.54) is 0 Å². The van der Waals surface area contributed by atoms with Crippen LogP contribution in [0.1, 0.15) is 80.1 Å². The minimum atomic E-state index is -0.271. The minimum absolute atomic E-state index is 0.231. The molecular formula is C22H40N2O2. The SMILES string of the molecule is CC(C)(C)C(=O)CC1CCCN(C(=O)CC2CCN(C(C)(C)C)CC2)C1. The first kappa shape index (κ1) is 21.4. The largest absolute Gasteiger partial charge is 0.342 e. The molecule has 0 saturated carbocycles. The van der Waals surface area contributed by atoms with Gasteiger partial charge in [0, 0.05) is 36.9 Å². The van der Waals surface area contributed by atoms with E-state index in [0.717, 1.165) is 51.9 Å². The van der Waals surface area contributed by atoms with Gasteiger partial charge in [0.25, 0.3) is 0 Å². The molecule has 2 fully saturated rings. The number of carbonyl (C=O) groups excluding carboxylic acids is 2. The third-order valence-corrected chi connectivity index (χ3v) is 6.21. The van der Waals surface area contributed by atoms with Crippen LogP contribution in [0.15, 0.2) is 0 Å². The number of Topliss-reactive ketones (excluding diaryl/α,β-unsaturated/α-hetero) is 1. The Labute approximate surface area is 160 Å². The highest BCUT2D eigenvalue weighted by atomic mass is 16.2. The molecule has 0 bridgehead atoms. The van der Waals surface area contributed by atoms with E-state index in [0.29, 0.717) is 36.4 Å². The van der Waals surface area contributed by atoms with Crippen LogP contribution in [-0.2, 0) is 9.59 Å². The summed E-state index contributed by atoms with van der Waals surface area (Å²) < 4.78 is 0. The van der Waals surface area contributed by atoms with Gasteiger partial charge >= 0.3 is 0 Å². The number of hydrogen-bond acceptors (Lipinski definition) is 3. The maximum atomic E-state index is 12.8. The van der Waals surface area contributed by atoms with Gasteiger partial charge in [-0.15, -0.1) is 0 Å². The lowest BCUT2D eigenvalue weighted by Crippen LogP contribution is -2.47. The Kier molecular flexibility index (Phi) is 6.92. The van der Waals surface area contributed by atoms with Crippen molar-refractivity contribution in [2.75, 3.05) is 26.2 Å². The van der Waals surface area contributed by atoms with E-state index in [-0.39, 0.29) is 11.0 Å². The average Bonchev–Trinajstić information content (AvgIpc) is 2.54. The Bertz CT molecular complexity index is 493. The summed E-state index contributed by atoms with van der Waals surface area (Å²) >= 11 is 0. The molecule has 4 heteroatoms. The van der Waals surface area contributed by atoms with Gasteiger partial charge in [0.1, 0.15) is 5.78 Å². The van der Waals surface area contributed by atoms with Crippen LogP contribution >= 0.6 is 0 Å². The van der Waals surface area contributed by atoms with Gasteiger partial charge in [-0.3, -0.25) is 14.5 Å². The van der Waals surface area contributed by atoms with Crippen LogP contribution in [0.5, 0.6) is 0 Å². The Hall–Kier alpha value is -0.900. The summed E-state index contributed by atoms with van der Waals surface area (Å²) in [6, 6.07) is 0. The van der Waals surface area contributed by atoms with Crippen LogP contribution in [0.2, 0.25) is 0 Å². The first-order chi connectivity index (χ1) is 12.0. The number of rotatable bonds is 4. The minimum Gasteiger partial charge on any atom is -0.342 e. The van der Waals surface area contributed by atoms with Gasteiger partial charge in [-0.25, -0.2) is 0 Å². The van der Waals surface area contributed by atoms with Gasteiger partial charge in [0.2, 0.25) is 5.91 Å². The molecule has 0 aromatic heterocycles. The third kappa shape index (κ3) is 6.07. The predicted molar refractivity (Wildman–Crippen MR) is 107 cm³/mol. The first-order valence-corrected chi connectivity index (χ1v) is 10.5. The number of hydrogen-bond donors (Lipinski definition) is 0. The molecule has 0 aromatic rings. The van der Waals surface area contributed by atoms with Crippen LogP contribution < -0.4 is 0 Å². The van der Waals surface area contributed by atoms with Crippen molar-refractivity contribution in [1.82, 2.24) is 9.80 Å². The smallest absolute Gasteiger partial charge is 0.222 e. The van der Waals surface area contributed by atoms with E-state index in [2.05, 4.69) is 25.7 Å². The van der Waals surface area contributed by atoms with Crippen molar-refractivity contribution in [2.45, 2.75) is 85.6 Å². The van der Waals surface area contributed by atoms with Crippen LogP contribution in [0.3, 0.4) is 0 Å². The second-order valence-electron chi connectivity index (χ2n) is 10.5. The van der Waals surface area contributed by atoms with Crippen molar-refractivity contribution in [3.63, 3.8) is 0 Å². The third-order valence-electron chi connectivity index (χ3n) is 6.21. The second kappa shape index (κ2) is 8.41. The molecule has 26 heavy (non-hydrogen) atoms. The van der Waals surface area contributed by atoms with Gasteiger partial charge in [0.05, 0.1) is 0 Å². The van der Waals surface area contributed by atoms with E-state index < -0.39 is 0 Å². The van der Waals surface area contributed by atoms with E-state index in [1.807, 2.05) is 25.7 Å². The first-order valence-electron chi connectivity index (χ1n) is 10.5. The van der Waals surface area contributed by atoms with Gasteiger partial charge in [-0.2, -0.15) is 0 Å². The zero-order valence-electron chi connectivity index (χ0n) is 17.9. The number of carbonyl (C=O) groups is 2. The number of nitrogens with zero attached hydrogens (tertiary/aromatic N) is 2. The molecule has 0 N–H and O–H groups in total. The quantitative estimate of drug-likeness (QED) is 0.753. The van der Waals surface area contributed by atoms with E-state index in [9.17, 15) is 9.59 Å². The molecule has 1 atom stereocenters. The molecule has 0 radical (unpaired) electrons. The van der Waals surface area contributed by atoms with Crippen molar-refractivity contribution in [2.24, 2.45) is 17.3 Å². The highest BCUT2D eigenvalue weighted by Crippen LogP contribution is 2.29. The molecule has 1 unspecified atom stereocenters. The average molecular weight is 365 g/mol. The Morgan fingerprint density at radius 3 is 2.00 bits per heavy atom. The normalized spacial score (nSPS) is 23.9. The maximum absolute atomic E-state index is 12.8. The monoisotopic (exact) mass is 364 g/mol. The summed E-state index contributed by atoms with van der Waals surface area (Å²) in [7, 11) is 0. The lowest BCUT2D eigenvalue weighted by Gasteiger charge is -2.41. The molecule has 2 aliphatic heterocycles. The lowest BCUT2D eigenvalue weighted by molar-refractivity contribution is -0.136. The summed E-state index contributed by atoms with van der Waals surface area (Å²) in [6.45, 7) is 16.6. The standard InChI is InChI=1S/C22H40N2O2/c1-21(2,3)19(25)14-18-8-7-11-23(16-18)20(26)15-17-9-12-24(13-10-17)22(4,5)6/h17-18H,7-16H2,1-6H3. The lowest BCUT2D eigenvalue weighted by atomic mass is 9.82. The van der Waals surface area contributed by atoms with Crippen LogP contribution in [0.25, 0.3) is 0 Å². The predicted octanol–water partition coefficient (Wildman–Crippen LogP) is 4.13. The fourth-order valence-electron chi connectivity index (χ4n) is 4.21. The van der Waals surface area contributed by atoms with Crippen LogP contribution in [0, 0.1) is 17.3 Å². The Morgan fingerprint density at radius 1 is 0.846 bits per heavy atom. The molecule has 0 aliphatic carbocycles. The maximum Gasteiger partial charge on any atom is 0.222 e. The number of amides is 1. The van der Waals surface area contributed by atoms with Gasteiger partial charge < -0.3 is 4.90 Å². The molecule has 4 nitrogen and oxygen atoms in total. The molecule has 150 valence electrons. The van der Waals surface area contributed by atoms with Crippen molar-refractivity contribution in [1.29, 1.82) is 0 Å². The second-order valence-corrected chi connectivity index (χ2v) is 10.5. The summed E-state index contributed by atoms with van der Waals surface area (Å²) in [6.07, 6.45) is 5.69. The molecule has 0 spiro atoms. The van der Waals surface area contributed by atoms with Crippen molar-refractivity contribution in [3.8, 4) is 0 Å². The van der Waals surface area contributed by atoms with Crippen LogP contribution in [0.4, 0.5) is 0 Å². The molecule has 1 amide bonds. The molecule has 2 aliphatic rings. The number of likely N-dealkylation sites (tertiary alicyclic amines) is 2. The summed E-state index contributed by atoms with van der Waals surface area (Å²) in [5, 5.41) is 0. The molecular weight excluding hydrogens is 324 g/mol. The number of ketones is 1. The van der Waals surface area contributed by atoms with Gasteiger partial charge in [-0.1, -0.05) is 20.8 Å². The number of piperidine rings is 2. The molecule has 2 heterocycles. The fraction of sp³-hybridized carbons (Fsp3) is 0.909. The van der Waals surface area contributed by atoms with E-state index in [4.69, 9.17) is 0 Å². The van der Waals surface area contributed by atoms with E-state index >= 15 is 0 Å². The van der Waals surface area contributed by atoms with Crippen molar-refractivity contribution < 1.29 is 9.59 Å². The van der Waals surface area contributed by atoms with E-state index in [1.54, 1.807) is 0 Å². The van der Waals surface area contributed by atoms with Gasteiger partial charge in [-0.05, 0) is 71.4 Å².